The Kier molecular flexibility index (Phi) is 4.66. The number of hydrogen-bond acceptors (Lipinski definition) is 2. The first-order chi connectivity index (χ1) is 9.08. The molecule has 19 heavy (non-hydrogen) atoms. The third-order valence-electron chi connectivity index (χ3n) is 3.66. The van der Waals surface area contributed by atoms with E-state index in [1.54, 1.807) is 4.90 Å². The summed E-state index contributed by atoms with van der Waals surface area (Å²) in [6.45, 7) is 3.56. The Morgan fingerprint density at radius 1 is 1.42 bits per heavy atom. The number of likely N-dealkylation sites (tertiary alicyclic amines) is 1. The first kappa shape index (κ1) is 14.2. The third-order valence-corrected chi connectivity index (χ3v) is 4.01. The van der Waals surface area contributed by atoms with E-state index in [0.29, 0.717) is 6.04 Å². The SMILES string of the molecule is C[C@H](NC1CCN(C(N)=O)CC1)c1ccccc1Cl. The predicted molar refractivity (Wildman–Crippen MR) is 77.2 cm³/mol. The van der Waals surface area contributed by atoms with Gasteiger partial charge in [-0.2, -0.15) is 0 Å². The average Bonchev–Trinajstić information content (AvgIpc) is 2.39. The van der Waals surface area contributed by atoms with E-state index in [4.69, 9.17) is 17.3 Å². The molecule has 0 aromatic heterocycles. The lowest BCUT2D eigenvalue weighted by Gasteiger charge is -2.33. The zero-order valence-electron chi connectivity index (χ0n) is 11.1. The lowest BCUT2D eigenvalue weighted by atomic mass is 10.0. The molecule has 104 valence electrons. The molecule has 0 aliphatic carbocycles. The van der Waals surface area contributed by atoms with E-state index >= 15 is 0 Å². The number of carbonyl (C=O) groups is 1. The van der Waals surface area contributed by atoms with Crippen molar-refractivity contribution in [1.82, 2.24) is 10.2 Å². The van der Waals surface area contributed by atoms with E-state index in [2.05, 4.69) is 12.2 Å². The van der Waals surface area contributed by atoms with E-state index in [1.165, 1.54) is 0 Å². The van der Waals surface area contributed by atoms with Crippen molar-refractivity contribution in [3.8, 4) is 0 Å². The van der Waals surface area contributed by atoms with Crippen molar-refractivity contribution in [2.75, 3.05) is 13.1 Å². The van der Waals surface area contributed by atoms with Crippen LogP contribution >= 0.6 is 11.6 Å². The standard InChI is InChI=1S/C14H20ClN3O/c1-10(12-4-2-3-5-13(12)15)17-11-6-8-18(9-7-11)14(16)19/h2-5,10-11,17H,6-9H2,1H3,(H2,16,19)/t10-/m0/s1. The summed E-state index contributed by atoms with van der Waals surface area (Å²) in [6, 6.07) is 8.17. The maximum atomic E-state index is 11.1. The molecule has 3 N–H and O–H groups in total. The van der Waals surface area contributed by atoms with Crippen LogP contribution in [0.4, 0.5) is 4.79 Å². The molecule has 1 aromatic carbocycles. The first-order valence-corrected chi connectivity index (χ1v) is 7.00. The van der Waals surface area contributed by atoms with E-state index < -0.39 is 0 Å². The van der Waals surface area contributed by atoms with Gasteiger partial charge < -0.3 is 16.0 Å². The maximum absolute atomic E-state index is 11.1. The fourth-order valence-corrected chi connectivity index (χ4v) is 2.84. The number of carbonyl (C=O) groups excluding carboxylic acids is 1. The van der Waals surface area contributed by atoms with Crippen LogP contribution in [0.25, 0.3) is 0 Å². The van der Waals surface area contributed by atoms with Crippen LogP contribution in [0.15, 0.2) is 24.3 Å². The number of rotatable bonds is 3. The Balaban J connectivity index is 1.89. The average molecular weight is 282 g/mol. The monoisotopic (exact) mass is 281 g/mol. The second-order valence-electron chi connectivity index (χ2n) is 5.01. The summed E-state index contributed by atoms with van der Waals surface area (Å²) in [4.78, 5) is 12.8. The summed E-state index contributed by atoms with van der Waals surface area (Å²) in [5.41, 5.74) is 6.39. The highest BCUT2D eigenvalue weighted by atomic mass is 35.5. The molecule has 0 bridgehead atoms. The Morgan fingerprint density at radius 2 is 2.05 bits per heavy atom. The summed E-state index contributed by atoms with van der Waals surface area (Å²) in [5.74, 6) is 0. The fraction of sp³-hybridized carbons (Fsp3) is 0.500. The topological polar surface area (TPSA) is 58.4 Å². The second kappa shape index (κ2) is 6.26. The van der Waals surface area contributed by atoms with E-state index in [-0.39, 0.29) is 12.1 Å². The normalized spacial score (nSPS) is 18.3. The molecule has 0 spiro atoms. The highest BCUT2D eigenvalue weighted by molar-refractivity contribution is 6.31. The molecule has 2 rings (SSSR count). The summed E-state index contributed by atoms with van der Waals surface area (Å²) >= 11 is 6.19. The third kappa shape index (κ3) is 3.61. The number of halogens is 1. The minimum absolute atomic E-state index is 0.207. The minimum Gasteiger partial charge on any atom is -0.351 e. The van der Waals surface area contributed by atoms with Crippen molar-refractivity contribution < 1.29 is 4.79 Å². The van der Waals surface area contributed by atoms with Crippen molar-refractivity contribution >= 4 is 17.6 Å². The van der Waals surface area contributed by atoms with Crippen molar-refractivity contribution in [3.05, 3.63) is 34.9 Å². The van der Waals surface area contributed by atoms with Gasteiger partial charge in [-0.3, -0.25) is 0 Å². The van der Waals surface area contributed by atoms with Crippen molar-refractivity contribution in [2.24, 2.45) is 5.73 Å². The van der Waals surface area contributed by atoms with Crippen LogP contribution in [0.2, 0.25) is 5.02 Å². The molecular formula is C14H20ClN3O. The van der Waals surface area contributed by atoms with E-state index in [9.17, 15) is 4.79 Å². The van der Waals surface area contributed by atoms with Gasteiger partial charge in [0.1, 0.15) is 0 Å². The van der Waals surface area contributed by atoms with Crippen LogP contribution in [0.5, 0.6) is 0 Å². The molecule has 4 nitrogen and oxygen atoms in total. The van der Waals surface area contributed by atoms with E-state index in [1.807, 2.05) is 24.3 Å². The highest BCUT2D eigenvalue weighted by Gasteiger charge is 2.22. The molecule has 1 atom stereocenters. The second-order valence-corrected chi connectivity index (χ2v) is 5.42. The van der Waals surface area contributed by atoms with Crippen molar-refractivity contribution in [1.29, 1.82) is 0 Å². The number of urea groups is 1. The molecule has 1 saturated heterocycles. The Morgan fingerprint density at radius 3 is 2.63 bits per heavy atom. The van der Waals surface area contributed by atoms with Gasteiger partial charge in [-0.25, -0.2) is 4.79 Å². The van der Waals surface area contributed by atoms with Gasteiger partial charge in [0.15, 0.2) is 0 Å². The minimum atomic E-state index is -0.322. The maximum Gasteiger partial charge on any atom is 0.314 e. The van der Waals surface area contributed by atoms with Gasteiger partial charge in [-0.05, 0) is 31.4 Å². The Hall–Kier alpha value is -1.26. The molecule has 5 heteroatoms. The summed E-state index contributed by atoms with van der Waals surface area (Å²) < 4.78 is 0. The van der Waals surface area contributed by atoms with Gasteiger partial charge in [-0.1, -0.05) is 29.8 Å². The van der Waals surface area contributed by atoms with Crippen LogP contribution in [-0.4, -0.2) is 30.1 Å². The zero-order valence-corrected chi connectivity index (χ0v) is 11.9. The molecule has 1 aromatic rings. The number of nitrogens with one attached hydrogen (secondary N) is 1. The molecule has 1 heterocycles. The summed E-state index contributed by atoms with van der Waals surface area (Å²) in [6.07, 6.45) is 1.86. The number of piperidine rings is 1. The number of amides is 2. The van der Waals surface area contributed by atoms with E-state index in [0.717, 1.165) is 36.5 Å². The lowest BCUT2D eigenvalue weighted by Crippen LogP contribution is -2.47. The summed E-state index contributed by atoms with van der Waals surface area (Å²) in [5, 5.41) is 4.36. The van der Waals surface area contributed by atoms with Gasteiger partial charge in [-0.15, -0.1) is 0 Å². The van der Waals surface area contributed by atoms with Crippen LogP contribution in [0.1, 0.15) is 31.4 Å². The number of nitrogens with two attached hydrogens (primary N) is 1. The molecular weight excluding hydrogens is 262 g/mol. The van der Waals surface area contributed by atoms with Gasteiger partial charge in [0.2, 0.25) is 0 Å². The molecule has 1 fully saturated rings. The molecule has 0 radical (unpaired) electrons. The first-order valence-electron chi connectivity index (χ1n) is 6.63. The van der Waals surface area contributed by atoms with Crippen LogP contribution in [-0.2, 0) is 0 Å². The van der Waals surface area contributed by atoms with Crippen molar-refractivity contribution in [2.45, 2.75) is 31.8 Å². The largest absolute Gasteiger partial charge is 0.351 e. The Labute approximate surface area is 118 Å². The van der Waals surface area contributed by atoms with Crippen LogP contribution < -0.4 is 11.1 Å². The predicted octanol–water partition coefficient (Wildman–Crippen LogP) is 2.53. The molecule has 0 unspecified atom stereocenters. The summed E-state index contributed by atoms with van der Waals surface area (Å²) in [7, 11) is 0. The number of nitrogens with zero attached hydrogens (tertiary/aromatic N) is 1. The highest BCUT2D eigenvalue weighted by Crippen LogP contribution is 2.23. The van der Waals surface area contributed by atoms with Gasteiger partial charge in [0, 0.05) is 30.2 Å². The Bertz CT molecular complexity index is 444. The number of primary amides is 1. The van der Waals surface area contributed by atoms with Gasteiger partial charge >= 0.3 is 6.03 Å². The van der Waals surface area contributed by atoms with Crippen molar-refractivity contribution in [3.63, 3.8) is 0 Å². The zero-order chi connectivity index (χ0) is 13.8. The molecule has 0 saturated carbocycles. The smallest absolute Gasteiger partial charge is 0.314 e. The quantitative estimate of drug-likeness (QED) is 0.894. The van der Waals surface area contributed by atoms with Gasteiger partial charge in [0.25, 0.3) is 0 Å². The number of hydrogen-bond donors (Lipinski definition) is 2. The van der Waals surface area contributed by atoms with Crippen LogP contribution in [0.3, 0.4) is 0 Å². The molecule has 1 aliphatic rings. The fourth-order valence-electron chi connectivity index (χ4n) is 2.54. The molecule has 1 aliphatic heterocycles. The number of benzene rings is 1. The van der Waals surface area contributed by atoms with Gasteiger partial charge in [0.05, 0.1) is 0 Å². The van der Waals surface area contributed by atoms with Crippen LogP contribution in [0, 0.1) is 0 Å². The lowest BCUT2D eigenvalue weighted by molar-refractivity contribution is 0.183. The molecule has 2 amide bonds.